The molecule has 2 N–H and O–H groups in total. The van der Waals surface area contributed by atoms with E-state index in [4.69, 9.17) is 16.3 Å². The van der Waals surface area contributed by atoms with Gasteiger partial charge in [0.25, 0.3) is 0 Å². The molecule has 0 aromatic heterocycles. The van der Waals surface area contributed by atoms with Gasteiger partial charge in [0.15, 0.2) is 0 Å². The first kappa shape index (κ1) is 20.7. The molecular formula is C20H23ClN2O4. The molecule has 0 aliphatic heterocycles. The molecule has 0 radical (unpaired) electrons. The molecule has 144 valence electrons. The summed E-state index contributed by atoms with van der Waals surface area (Å²) in [7, 11) is 2.95. The van der Waals surface area contributed by atoms with Crippen LogP contribution in [-0.4, -0.2) is 39.2 Å². The van der Waals surface area contributed by atoms with Gasteiger partial charge in [-0.2, -0.15) is 0 Å². The third-order valence-corrected chi connectivity index (χ3v) is 4.28. The summed E-state index contributed by atoms with van der Waals surface area (Å²) in [5.74, 6) is 0.182. The Bertz CT molecular complexity index is 795. The summed E-state index contributed by atoms with van der Waals surface area (Å²) in [4.78, 5) is 23.7. The molecule has 0 saturated heterocycles. The smallest absolute Gasteiger partial charge is 0.337 e. The second-order valence-corrected chi connectivity index (χ2v) is 6.20. The van der Waals surface area contributed by atoms with Gasteiger partial charge < -0.3 is 20.1 Å². The fourth-order valence-electron chi connectivity index (χ4n) is 2.54. The lowest BCUT2D eigenvalue weighted by Gasteiger charge is -2.10. The highest BCUT2D eigenvalue weighted by Crippen LogP contribution is 2.23. The lowest BCUT2D eigenvalue weighted by atomic mass is 10.1. The van der Waals surface area contributed by atoms with Crippen molar-refractivity contribution in [2.24, 2.45) is 0 Å². The Balaban J connectivity index is 1.77. The van der Waals surface area contributed by atoms with E-state index in [0.29, 0.717) is 22.8 Å². The molecule has 0 saturated carbocycles. The normalized spacial score (nSPS) is 10.3. The zero-order chi connectivity index (χ0) is 19.6. The molecule has 27 heavy (non-hydrogen) atoms. The minimum absolute atomic E-state index is 0.191. The van der Waals surface area contributed by atoms with Crippen molar-refractivity contribution in [2.45, 2.75) is 12.8 Å². The van der Waals surface area contributed by atoms with Crippen LogP contribution >= 0.6 is 11.6 Å². The third kappa shape index (κ3) is 6.27. The van der Waals surface area contributed by atoms with Crippen molar-refractivity contribution in [3.05, 3.63) is 58.6 Å². The molecule has 0 heterocycles. The number of esters is 1. The van der Waals surface area contributed by atoms with E-state index in [1.807, 2.05) is 24.3 Å². The number of halogens is 1. The SMILES string of the molecule is COC(=O)c1ccc(Cl)c(NC(=O)CCNCCc2ccccc2OC)c1. The van der Waals surface area contributed by atoms with Gasteiger partial charge in [-0.15, -0.1) is 0 Å². The number of hydrogen-bond acceptors (Lipinski definition) is 5. The lowest BCUT2D eigenvalue weighted by Crippen LogP contribution is -2.24. The molecule has 7 heteroatoms. The van der Waals surface area contributed by atoms with Crippen LogP contribution in [0, 0.1) is 0 Å². The Morgan fingerprint density at radius 1 is 1.07 bits per heavy atom. The number of carbonyl (C=O) groups excluding carboxylic acids is 2. The molecule has 2 rings (SSSR count). The van der Waals surface area contributed by atoms with E-state index in [-0.39, 0.29) is 12.3 Å². The molecule has 1 amide bonds. The van der Waals surface area contributed by atoms with E-state index in [0.717, 1.165) is 24.3 Å². The van der Waals surface area contributed by atoms with E-state index in [9.17, 15) is 9.59 Å². The Kier molecular flexibility index (Phi) is 8.10. The van der Waals surface area contributed by atoms with Crippen LogP contribution in [-0.2, 0) is 16.0 Å². The van der Waals surface area contributed by atoms with Crippen molar-refractivity contribution < 1.29 is 19.1 Å². The highest BCUT2D eigenvalue weighted by Gasteiger charge is 2.11. The number of amides is 1. The average molecular weight is 391 g/mol. The fraction of sp³-hybridized carbons (Fsp3) is 0.300. The number of hydrogen-bond donors (Lipinski definition) is 2. The van der Waals surface area contributed by atoms with E-state index < -0.39 is 5.97 Å². The van der Waals surface area contributed by atoms with Gasteiger partial charge in [-0.25, -0.2) is 4.79 Å². The molecule has 2 aromatic carbocycles. The van der Waals surface area contributed by atoms with Crippen LogP contribution < -0.4 is 15.4 Å². The predicted molar refractivity (Wildman–Crippen MR) is 106 cm³/mol. The summed E-state index contributed by atoms with van der Waals surface area (Å²) < 4.78 is 9.98. The second kappa shape index (κ2) is 10.5. The van der Waals surface area contributed by atoms with Gasteiger partial charge in [-0.3, -0.25) is 4.79 Å². The summed E-state index contributed by atoms with van der Waals surface area (Å²) in [6.07, 6.45) is 1.09. The van der Waals surface area contributed by atoms with Gasteiger partial charge in [-0.1, -0.05) is 29.8 Å². The Morgan fingerprint density at radius 3 is 2.59 bits per heavy atom. The Hall–Kier alpha value is -2.57. The highest BCUT2D eigenvalue weighted by molar-refractivity contribution is 6.33. The third-order valence-electron chi connectivity index (χ3n) is 3.95. The zero-order valence-corrected chi connectivity index (χ0v) is 16.1. The Morgan fingerprint density at radius 2 is 1.85 bits per heavy atom. The number of anilines is 1. The predicted octanol–water partition coefficient (Wildman–Crippen LogP) is 3.30. The van der Waals surface area contributed by atoms with Gasteiger partial charge in [0.05, 0.1) is 30.5 Å². The van der Waals surface area contributed by atoms with Gasteiger partial charge in [0.2, 0.25) is 5.91 Å². The van der Waals surface area contributed by atoms with Gasteiger partial charge in [-0.05, 0) is 42.8 Å². The minimum atomic E-state index is -0.486. The quantitative estimate of drug-likeness (QED) is 0.507. The van der Waals surface area contributed by atoms with Crippen molar-refractivity contribution >= 4 is 29.2 Å². The maximum atomic E-state index is 12.1. The molecule has 0 aliphatic rings. The van der Waals surface area contributed by atoms with Crippen molar-refractivity contribution in [2.75, 3.05) is 32.6 Å². The van der Waals surface area contributed by atoms with Crippen LogP contribution in [0.2, 0.25) is 5.02 Å². The number of methoxy groups -OCH3 is 2. The number of benzene rings is 2. The monoisotopic (exact) mass is 390 g/mol. The van der Waals surface area contributed by atoms with E-state index >= 15 is 0 Å². The van der Waals surface area contributed by atoms with Crippen molar-refractivity contribution in [3.63, 3.8) is 0 Å². The second-order valence-electron chi connectivity index (χ2n) is 5.80. The van der Waals surface area contributed by atoms with Gasteiger partial charge >= 0.3 is 5.97 Å². The first-order valence-corrected chi connectivity index (χ1v) is 8.93. The van der Waals surface area contributed by atoms with Crippen molar-refractivity contribution in [3.8, 4) is 5.75 Å². The maximum absolute atomic E-state index is 12.1. The van der Waals surface area contributed by atoms with Crippen LogP contribution in [0.15, 0.2) is 42.5 Å². The molecule has 0 bridgehead atoms. The van der Waals surface area contributed by atoms with E-state index in [1.165, 1.54) is 13.2 Å². The first-order valence-electron chi connectivity index (χ1n) is 8.55. The standard InChI is InChI=1S/C20H23ClN2O4/c1-26-18-6-4-3-5-14(18)9-11-22-12-10-19(24)23-17-13-15(20(25)27-2)7-8-16(17)21/h3-8,13,22H,9-12H2,1-2H3,(H,23,24). The molecule has 0 spiro atoms. The summed E-state index contributed by atoms with van der Waals surface area (Å²) in [5, 5.41) is 6.31. The van der Waals surface area contributed by atoms with Crippen LogP contribution in [0.5, 0.6) is 5.75 Å². The molecule has 0 aliphatic carbocycles. The molecule has 6 nitrogen and oxygen atoms in total. The average Bonchev–Trinajstić information content (AvgIpc) is 2.69. The number of nitrogens with one attached hydrogen (secondary N) is 2. The maximum Gasteiger partial charge on any atom is 0.337 e. The zero-order valence-electron chi connectivity index (χ0n) is 15.4. The highest BCUT2D eigenvalue weighted by atomic mass is 35.5. The summed E-state index contributed by atoms with van der Waals surface area (Å²) in [6.45, 7) is 1.25. The summed E-state index contributed by atoms with van der Waals surface area (Å²) >= 11 is 6.07. The van der Waals surface area contributed by atoms with Gasteiger partial charge in [0, 0.05) is 13.0 Å². The minimum Gasteiger partial charge on any atom is -0.496 e. The number of ether oxygens (including phenoxy) is 2. The summed E-state index contributed by atoms with van der Waals surface area (Å²) in [5.41, 5.74) is 1.83. The molecular weight excluding hydrogens is 368 g/mol. The first-order chi connectivity index (χ1) is 13.0. The summed E-state index contributed by atoms with van der Waals surface area (Å²) in [6, 6.07) is 12.4. The molecule has 0 fully saturated rings. The lowest BCUT2D eigenvalue weighted by molar-refractivity contribution is -0.116. The number of rotatable bonds is 9. The molecule has 0 unspecified atom stereocenters. The molecule has 0 atom stereocenters. The van der Waals surface area contributed by atoms with Crippen molar-refractivity contribution in [1.29, 1.82) is 0 Å². The van der Waals surface area contributed by atoms with Crippen LogP contribution in [0.1, 0.15) is 22.3 Å². The number of para-hydroxylation sites is 1. The van der Waals surface area contributed by atoms with Crippen LogP contribution in [0.3, 0.4) is 0 Å². The Labute approximate surface area is 163 Å². The number of carbonyl (C=O) groups is 2. The van der Waals surface area contributed by atoms with E-state index in [1.54, 1.807) is 19.2 Å². The van der Waals surface area contributed by atoms with Crippen LogP contribution in [0.4, 0.5) is 5.69 Å². The topological polar surface area (TPSA) is 76.7 Å². The van der Waals surface area contributed by atoms with Crippen LogP contribution in [0.25, 0.3) is 0 Å². The van der Waals surface area contributed by atoms with E-state index in [2.05, 4.69) is 15.4 Å². The van der Waals surface area contributed by atoms with Gasteiger partial charge in [0.1, 0.15) is 5.75 Å². The molecule has 2 aromatic rings. The largest absolute Gasteiger partial charge is 0.496 e. The fourth-order valence-corrected chi connectivity index (χ4v) is 2.70. The van der Waals surface area contributed by atoms with Crippen molar-refractivity contribution in [1.82, 2.24) is 5.32 Å².